The van der Waals surface area contributed by atoms with Crippen molar-refractivity contribution in [1.82, 2.24) is 9.13 Å². The molecule has 4 aromatic rings. The van der Waals surface area contributed by atoms with Gasteiger partial charge >= 0.3 is 0 Å². The second-order valence-electron chi connectivity index (χ2n) is 6.32. The fourth-order valence-corrected chi connectivity index (χ4v) is 3.62. The molecule has 0 saturated heterocycles. The molecule has 0 aliphatic rings. The van der Waals surface area contributed by atoms with Crippen LogP contribution in [0.5, 0.6) is 17.4 Å². The minimum atomic E-state index is 0.170. The van der Waals surface area contributed by atoms with Crippen molar-refractivity contribution >= 4 is 12.2 Å². The summed E-state index contributed by atoms with van der Waals surface area (Å²) in [5, 5.41) is 10.8. The smallest absolute Gasteiger partial charge is 0.218 e. The van der Waals surface area contributed by atoms with Crippen molar-refractivity contribution in [2.24, 2.45) is 0 Å². The molecule has 0 radical (unpaired) electrons. The molecule has 3 aromatic carbocycles. The van der Waals surface area contributed by atoms with Crippen molar-refractivity contribution in [3.05, 3.63) is 95.4 Å². The van der Waals surface area contributed by atoms with Gasteiger partial charge in [0.05, 0.1) is 11.4 Å². The highest BCUT2D eigenvalue weighted by molar-refractivity contribution is 7.71. The van der Waals surface area contributed by atoms with Crippen LogP contribution in [0, 0.1) is 4.77 Å². The lowest BCUT2D eigenvalue weighted by Crippen LogP contribution is -2.00. The highest BCUT2D eigenvalue weighted by atomic mass is 32.1. The van der Waals surface area contributed by atoms with E-state index in [0.717, 1.165) is 28.6 Å². The molecule has 4 rings (SSSR count). The maximum Gasteiger partial charge on any atom is 0.218 e. The zero-order chi connectivity index (χ0) is 19.5. The largest absolute Gasteiger partial charge is 0.493 e. The Balaban J connectivity index is 1.74. The minimum absolute atomic E-state index is 0.170. The summed E-state index contributed by atoms with van der Waals surface area (Å²) < 4.78 is 9.99. The Morgan fingerprint density at radius 3 is 1.89 bits per heavy atom. The van der Waals surface area contributed by atoms with Crippen molar-refractivity contribution in [1.29, 1.82) is 0 Å². The molecule has 1 N–H and O–H groups in total. The van der Waals surface area contributed by atoms with Gasteiger partial charge in [0, 0.05) is 5.69 Å². The number of aromatic nitrogens is 2. The highest BCUT2D eigenvalue weighted by Crippen LogP contribution is 2.30. The van der Waals surface area contributed by atoms with Crippen LogP contribution in [0.25, 0.3) is 11.4 Å². The van der Waals surface area contributed by atoms with E-state index in [4.69, 9.17) is 17.0 Å². The third kappa shape index (κ3) is 3.32. The van der Waals surface area contributed by atoms with Crippen LogP contribution in [0.1, 0.15) is 12.6 Å². The SMILES string of the molecule is CCc1c(O)n(-c2ccccc2)c(=S)n1-c1ccc(Oc2ccccc2)cc1. The Morgan fingerprint density at radius 2 is 1.29 bits per heavy atom. The molecule has 0 aliphatic carbocycles. The molecule has 5 heteroatoms. The van der Waals surface area contributed by atoms with Crippen molar-refractivity contribution in [3.8, 4) is 28.8 Å². The number of nitrogens with zero attached hydrogens (tertiary/aromatic N) is 2. The lowest BCUT2D eigenvalue weighted by Gasteiger charge is -2.09. The van der Waals surface area contributed by atoms with Gasteiger partial charge in [-0.2, -0.15) is 0 Å². The molecular formula is C23H20N2O2S. The Kier molecular flexibility index (Phi) is 5.00. The number of hydrogen-bond acceptors (Lipinski definition) is 3. The average molecular weight is 388 g/mol. The lowest BCUT2D eigenvalue weighted by atomic mass is 10.2. The van der Waals surface area contributed by atoms with E-state index in [2.05, 4.69) is 0 Å². The first-order valence-electron chi connectivity index (χ1n) is 9.13. The van der Waals surface area contributed by atoms with Gasteiger partial charge in [0.25, 0.3) is 0 Å². The Bertz CT molecular complexity index is 1130. The molecule has 1 heterocycles. The average Bonchev–Trinajstić information content (AvgIpc) is 2.99. The molecule has 140 valence electrons. The van der Waals surface area contributed by atoms with E-state index in [9.17, 15) is 5.11 Å². The minimum Gasteiger partial charge on any atom is -0.493 e. The quantitative estimate of drug-likeness (QED) is 0.423. The first-order chi connectivity index (χ1) is 13.7. The molecular weight excluding hydrogens is 368 g/mol. The Hall–Kier alpha value is -3.31. The summed E-state index contributed by atoms with van der Waals surface area (Å²) in [6.07, 6.45) is 0.650. The normalized spacial score (nSPS) is 10.8. The van der Waals surface area contributed by atoms with Gasteiger partial charge < -0.3 is 9.84 Å². The van der Waals surface area contributed by atoms with Gasteiger partial charge in [-0.15, -0.1) is 0 Å². The first-order valence-corrected chi connectivity index (χ1v) is 9.54. The lowest BCUT2D eigenvalue weighted by molar-refractivity contribution is 0.435. The Morgan fingerprint density at radius 1 is 0.750 bits per heavy atom. The van der Waals surface area contributed by atoms with Crippen LogP contribution in [-0.2, 0) is 6.42 Å². The predicted octanol–water partition coefficient (Wildman–Crippen LogP) is 6.06. The molecule has 0 spiro atoms. The van der Waals surface area contributed by atoms with Crippen LogP contribution in [0.2, 0.25) is 0 Å². The fraction of sp³-hybridized carbons (Fsp3) is 0.0870. The topological polar surface area (TPSA) is 39.3 Å². The fourth-order valence-electron chi connectivity index (χ4n) is 3.22. The number of benzene rings is 3. The number of para-hydroxylation sites is 2. The molecule has 28 heavy (non-hydrogen) atoms. The third-order valence-electron chi connectivity index (χ3n) is 4.55. The molecule has 0 fully saturated rings. The molecule has 1 aromatic heterocycles. The number of hydrogen-bond donors (Lipinski definition) is 1. The van der Waals surface area contributed by atoms with Crippen molar-refractivity contribution in [2.75, 3.05) is 0 Å². The van der Waals surface area contributed by atoms with Crippen molar-refractivity contribution in [3.63, 3.8) is 0 Å². The summed E-state index contributed by atoms with van der Waals surface area (Å²) in [6.45, 7) is 2.00. The second kappa shape index (κ2) is 7.74. The standard InChI is InChI=1S/C23H20N2O2S/c1-2-21-22(26)25(17-9-5-3-6-10-17)23(28)24(21)18-13-15-20(16-14-18)27-19-11-7-4-8-12-19/h3-16,26H,2H2,1H3. The van der Waals surface area contributed by atoms with Crippen molar-refractivity contribution in [2.45, 2.75) is 13.3 Å². The van der Waals surface area contributed by atoms with Crippen LogP contribution in [0.15, 0.2) is 84.9 Å². The number of imidazole rings is 1. The van der Waals surface area contributed by atoms with E-state index in [-0.39, 0.29) is 5.88 Å². The zero-order valence-electron chi connectivity index (χ0n) is 15.4. The van der Waals surface area contributed by atoms with Crippen LogP contribution >= 0.6 is 12.2 Å². The van der Waals surface area contributed by atoms with E-state index >= 15 is 0 Å². The number of aromatic hydroxyl groups is 1. The van der Waals surface area contributed by atoms with E-state index in [1.165, 1.54) is 0 Å². The summed E-state index contributed by atoms with van der Waals surface area (Å²) in [7, 11) is 0. The second-order valence-corrected chi connectivity index (χ2v) is 6.69. The molecule has 0 bridgehead atoms. The van der Waals surface area contributed by atoms with E-state index < -0.39 is 0 Å². The summed E-state index contributed by atoms with van der Waals surface area (Å²) in [5.74, 6) is 1.70. The number of rotatable bonds is 5. The Labute approximate surface area is 168 Å². The molecule has 4 nitrogen and oxygen atoms in total. The highest BCUT2D eigenvalue weighted by Gasteiger charge is 2.18. The van der Waals surface area contributed by atoms with Crippen molar-refractivity contribution < 1.29 is 9.84 Å². The van der Waals surface area contributed by atoms with Gasteiger partial charge in [-0.1, -0.05) is 43.3 Å². The summed E-state index contributed by atoms with van der Waals surface area (Å²) >= 11 is 5.70. The van der Waals surface area contributed by atoms with Gasteiger partial charge in [0.2, 0.25) is 5.88 Å². The predicted molar refractivity (Wildman–Crippen MR) is 113 cm³/mol. The maximum atomic E-state index is 10.8. The third-order valence-corrected chi connectivity index (χ3v) is 4.91. The van der Waals surface area contributed by atoms with E-state index in [1.807, 2.05) is 96.4 Å². The van der Waals surface area contributed by atoms with Crippen LogP contribution in [0.4, 0.5) is 0 Å². The first kappa shape index (κ1) is 18.1. The van der Waals surface area contributed by atoms with E-state index in [0.29, 0.717) is 11.2 Å². The number of ether oxygens (including phenoxy) is 1. The molecule has 0 amide bonds. The van der Waals surface area contributed by atoms with Gasteiger partial charge in [-0.05, 0) is 67.2 Å². The monoisotopic (exact) mass is 388 g/mol. The van der Waals surface area contributed by atoms with Crippen LogP contribution < -0.4 is 4.74 Å². The summed E-state index contributed by atoms with van der Waals surface area (Å²) in [6, 6.07) is 27.0. The van der Waals surface area contributed by atoms with Gasteiger partial charge in [-0.25, -0.2) is 0 Å². The molecule has 0 atom stereocenters. The summed E-state index contributed by atoms with van der Waals surface area (Å²) in [5.41, 5.74) is 2.49. The zero-order valence-corrected chi connectivity index (χ0v) is 16.3. The molecule has 0 aliphatic heterocycles. The molecule has 0 saturated carbocycles. The molecule has 0 unspecified atom stereocenters. The van der Waals surface area contributed by atoms with Gasteiger partial charge in [0.1, 0.15) is 11.5 Å². The summed E-state index contributed by atoms with van der Waals surface area (Å²) in [4.78, 5) is 0. The van der Waals surface area contributed by atoms with Gasteiger partial charge in [-0.3, -0.25) is 9.13 Å². The van der Waals surface area contributed by atoms with Crippen LogP contribution in [-0.4, -0.2) is 14.2 Å². The van der Waals surface area contributed by atoms with E-state index in [1.54, 1.807) is 4.57 Å². The maximum absolute atomic E-state index is 10.8. The van der Waals surface area contributed by atoms with Crippen LogP contribution in [0.3, 0.4) is 0 Å². The van der Waals surface area contributed by atoms with Gasteiger partial charge in [0.15, 0.2) is 4.77 Å².